The van der Waals surface area contributed by atoms with Crippen LogP contribution in [0.25, 0.3) is 0 Å². The third-order valence-corrected chi connectivity index (χ3v) is 3.14. The van der Waals surface area contributed by atoms with Crippen molar-refractivity contribution in [3.63, 3.8) is 0 Å². The summed E-state index contributed by atoms with van der Waals surface area (Å²) >= 11 is 0. The van der Waals surface area contributed by atoms with Crippen LogP contribution < -0.4 is 5.32 Å². The molecule has 1 N–H and O–H groups in total. The molecule has 0 radical (unpaired) electrons. The number of nitro benzene ring substituents is 1. The van der Waals surface area contributed by atoms with E-state index in [2.05, 4.69) is 5.32 Å². The van der Waals surface area contributed by atoms with Crippen LogP contribution in [0.1, 0.15) is 52.0 Å². The van der Waals surface area contributed by atoms with Gasteiger partial charge in [0.2, 0.25) is 0 Å². The molecule has 0 unspecified atom stereocenters. The van der Waals surface area contributed by atoms with Crippen molar-refractivity contribution in [1.29, 1.82) is 0 Å². The number of unbranched alkanes of at least 4 members (excludes halogenated alkanes) is 2. The SMILES string of the molecule is Cc1ccc(NCCCCCC(=O)OC(C)(C)C)c([N+](=O)[O-])c1. The van der Waals surface area contributed by atoms with Crippen molar-refractivity contribution in [1.82, 2.24) is 0 Å². The van der Waals surface area contributed by atoms with Gasteiger partial charge >= 0.3 is 5.97 Å². The lowest BCUT2D eigenvalue weighted by Crippen LogP contribution is -2.23. The van der Waals surface area contributed by atoms with Crippen molar-refractivity contribution in [3.05, 3.63) is 33.9 Å². The first kappa shape index (κ1) is 18.9. The average molecular weight is 322 g/mol. The van der Waals surface area contributed by atoms with Gasteiger partial charge in [-0.25, -0.2) is 0 Å². The molecule has 0 bridgehead atoms. The van der Waals surface area contributed by atoms with Crippen LogP contribution in [-0.4, -0.2) is 23.0 Å². The lowest BCUT2D eigenvalue weighted by atomic mass is 10.1. The normalized spacial score (nSPS) is 11.1. The van der Waals surface area contributed by atoms with Crippen LogP contribution >= 0.6 is 0 Å². The molecule has 6 heteroatoms. The molecule has 0 fully saturated rings. The summed E-state index contributed by atoms with van der Waals surface area (Å²) in [5, 5.41) is 14.1. The minimum absolute atomic E-state index is 0.0961. The topological polar surface area (TPSA) is 81.5 Å². The molecule has 1 rings (SSSR count). The molecular formula is C17H26N2O4. The fourth-order valence-corrected chi connectivity index (χ4v) is 2.13. The predicted octanol–water partition coefficient (Wildman–Crippen LogP) is 4.22. The lowest BCUT2D eigenvalue weighted by Gasteiger charge is -2.19. The number of carbonyl (C=O) groups is 1. The summed E-state index contributed by atoms with van der Waals surface area (Å²) in [7, 11) is 0. The third-order valence-electron chi connectivity index (χ3n) is 3.14. The Bertz CT molecular complexity index is 550. The van der Waals surface area contributed by atoms with Gasteiger partial charge in [-0.2, -0.15) is 0 Å². The number of ether oxygens (including phenoxy) is 1. The summed E-state index contributed by atoms with van der Waals surface area (Å²) in [6.45, 7) is 8.02. The maximum absolute atomic E-state index is 11.6. The molecule has 0 aromatic heterocycles. The van der Waals surface area contributed by atoms with Gasteiger partial charge in [0.05, 0.1) is 4.92 Å². The van der Waals surface area contributed by atoms with E-state index in [9.17, 15) is 14.9 Å². The van der Waals surface area contributed by atoms with E-state index in [0.29, 0.717) is 18.7 Å². The summed E-state index contributed by atoms with van der Waals surface area (Å²) in [5.41, 5.74) is 1.05. The van der Waals surface area contributed by atoms with E-state index in [1.807, 2.05) is 33.8 Å². The van der Waals surface area contributed by atoms with E-state index < -0.39 is 5.60 Å². The van der Waals surface area contributed by atoms with Gasteiger partial charge in [-0.3, -0.25) is 14.9 Å². The van der Waals surface area contributed by atoms with Gasteiger partial charge in [-0.15, -0.1) is 0 Å². The Balaban J connectivity index is 2.28. The number of aryl methyl sites for hydroxylation is 1. The van der Waals surface area contributed by atoms with Crippen molar-refractivity contribution in [3.8, 4) is 0 Å². The highest BCUT2D eigenvalue weighted by atomic mass is 16.6. The summed E-state index contributed by atoms with van der Waals surface area (Å²) in [6.07, 6.45) is 2.87. The number of anilines is 1. The molecule has 128 valence electrons. The Hall–Kier alpha value is -2.11. The number of hydrogen-bond acceptors (Lipinski definition) is 5. The van der Waals surface area contributed by atoms with Gasteiger partial charge in [-0.1, -0.05) is 12.5 Å². The summed E-state index contributed by atoms with van der Waals surface area (Å²) in [5.74, 6) is -0.181. The van der Waals surface area contributed by atoms with Gasteiger partial charge in [0.1, 0.15) is 11.3 Å². The van der Waals surface area contributed by atoms with Crippen LogP contribution in [0.5, 0.6) is 0 Å². The fraction of sp³-hybridized carbons (Fsp3) is 0.588. The molecule has 23 heavy (non-hydrogen) atoms. The fourth-order valence-electron chi connectivity index (χ4n) is 2.13. The molecule has 0 saturated heterocycles. The molecule has 0 atom stereocenters. The van der Waals surface area contributed by atoms with Crippen LogP contribution in [-0.2, 0) is 9.53 Å². The van der Waals surface area contributed by atoms with E-state index in [-0.39, 0.29) is 16.6 Å². The van der Waals surface area contributed by atoms with E-state index >= 15 is 0 Å². The first-order valence-corrected chi connectivity index (χ1v) is 7.90. The number of rotatable bonds is 8. The lowest BCUT2D eigenvalue weighted by molar-refractivity contribution is -0.384. The molecular weight excluding hydrogens is 296 g/mol. The number of hydrogen-bond donors (Lipinski definition) is 1. The van der Waals surface area contributed by atoms with Gasteiger partial charge < -0.3 is 10.1 Å². The largest absolute Gasteiger partial charge is 0.460 e. The quantitative estimate of drug-likeness (QED) is 0.335. The molecule has 0 spiro atoms. The number of nitrogens with zero attached hydrogens (tertiary/aromatic N) is 1. The average Bonchev–Trinajstić information content (AvgIpc) is 2.41. The highest BCUT2D eigenvalue weighted by Crippen LogP contribution is 2.25. The summed E-state index contributed by atoms with van der Waals surface area (Å²) in [6, 6.07) is 5.14. The zero-order chi connectivity index (χ0) is 17.5. The van der Waals surface area contributed by atoms with Gasteiger partial charge in [0.15, 0.2) is 0 Å². The van der Waals surface area contributed by atoms with Crippen LogP contribution in [0.4, 0.5) is 11.4 Å². The smallest absolute Gasteiger partial charge is 0.306 e. The number of carbonyl (C=O) groups excluding carboxylic acids is 1. The molecule has 0 amide bonds. The van der Waals surface area contributed by atoms with Gasteiger partial charge in [0, 0.05) is 19.0 Å². The minimum atomic E-state index is -0.441. The van der Waals surface area contributed by atoms with Crippen LogP contribution in [0.15, 0.2) is 18.2 Å². The third kappa shape index (κ3) is 7.63. The molecule has 0 aliphatic rings. The molecule has 1 aromatic carbocycles. The second kappa shape index (κ2) is 8.50. The van der Waals surface area contributed by atoms with E-state index in [1.54, 1.807) is 12.1 Å². The highest BCUT2D eigenvalue weighted by molar-refractivity contribution is 5.69. The number of nitro groups is 1. The molecule has 0 heterocycles. The van der Waals surface area contributed by atoms with Crippen LogP contribution in [0, 0.1) is 17.0 Å². The minimum Gasteiger partial charge on any atom is -0.460 e. The summed E-state index contributed by atoms with van der Waals surface area (Å²) in [4.78, 5) is 22.2. The van der Waals surface area contributed by atoms with E-state index in [4.69, 9.17) is 4.74 Å². The van der Waals surface area contributed by atoms with Crippen LogP contribution in [0.2, 0.25) is 0 Å². The van der Waals surface area contributed by atoms with Crippen LogP contribution in [0.3, 0.4) is 0 Å². The molecule has 0 aliphatic carbocycles. The zero-order valence-corrected chi connectivity index (χ0v) is 14.3. The van der Waals surface area contributed by atoms with Crippen molar-refractivity contribution in [2.24, 2.45) is 0 Å². The van der Waals surface area contributed by atoms with Gasteiger partial charge in [0.25, 0.3) is 5.69 Å². The highest BCUT2D eigenvalue weighted by Gasteiger charge is 2.15. The van der Waals surface area contributed by atoms with E-state index in [0.717, 1.165) is 24.8 Å². The maximum Gasteiger partial charge on any atom is 0.306 e. The number of esters is 1. The van der Waals surface area contributed by atoms with Crippen molar-refractivity contribution < 1.29 is 14.5 Å². The zero-order valence-electron chi connectivity index (χ0n) is 14.3. The number of benzene rings is 1. The molecule has 0 saturated carbocycles. The first-order valence-electron chi connectivity index (χ1n) is 7.90. The Morgan fingerprint density at radius 3 is 2.57 bits per heavy atom. The van der Waals surface area contributed by atoms with Crippen molar-refractivity contribution in [2.45, 2.75) is 59.0 Å². The Kier molecular flexibility index (Phi) is 7.00. The first-order chi connectivity index (χ1) is 10.7. The maximum atomic E-state index is 11.6. The molecule has 6 nitrogen and oxygen atoms in total. The summed E-state index contributed by atoms with van der Waals surface area (Å²) < 4.78 is 5.24. The second-order valence-corrected chi connectivity index (χ2v) is 6.60. The second-order valence-electron chi connectivity index (χ2n) is 6.60. The predicted molar refractivity (Wildman–Crippen MR) is 90.6 cm³/mol. The Morgan fingerprint density at radius 1 is 1.26 bits per heavy atom. The Labute approximate surface area is 137 Å². The Morgan fingerprint density at radius 2 is 1.96 bits per heavy atom. The number of nitrogens with one attached hydrogen (secondary N) is 1. The van der Waals surface area contributed by atoms with E-state index in [1.165, 1.54) is 0 Å². The molecule has 1 aromatic rings. The standard InChI is InChI=1S/C17H26N2O4/c1-13-9-10-14(15(12-13)19(21)22)18-11-7-5-6-8-16(20)23-17(2,3)4/h9-10,12,18H,5-8,11H2,1-4H3. The van der Waals surface area contributed by atoms with Crippen molar-refractivity contribution in [2.75, 3.05) is 11.9 Å². The molecule has 0 aliphatic heterocycles. The van der Waals surface area contributed by atoms with Crippen molar-refractivity contribution >= 4 is 17.3 Å². The monoisotopic (exact) mass is 322 g/mol. The van der Waals surface area contributed by atoms with Gasteiger partial charge in [-0.05, 0) is 52.2 Å².